The summed E-state index contributed by atoms with van der Waals surface area (Å²) in [7, 11) is 0. The molecule has 3 rings (SSSR count). The lowest BCUT2D eigenvalue weighted by molar-refractivity contribution is -0.0154. The van der Waals surface area contributed by atoms with E-state index in [4.69, 9.17) is 16.3 Å². The lowest BCUT2D eigenvalue weighted by atomic mass is 10.1. The van der Waals surface area contributed by atoms with E-state index >= 15 is 0 Å². The average Bonchev–Trinajstić information content (AvgIpc) is 3.11. The third-order valence-electron chi connectivity index (χ3n) is 3.90. The number of thiophene rings is 1. The van der Waals surface area contributed by atoms with Gasteiger partial charge < -0.3 is 15.0 Å². The number of nitrogens with zero attached hydrogens (tertiary/aromatic N) is 1. The molecule has 0 radical (unpaired) electrons. The SMILES string of the molecule is O=C(NCCc1cccs1)N1CCO[C@@H](c2ccc(F)c(Cl)c2)C1. The number of morpholine rings is 1. The molecule has 24 heavy (non-hydrogen) atoms. The summed E-state index contributed by atoms with van der Waals surface area (Å²) >= 11 is 7.51. The molecule has 1 saturated heterocycles. The first-order valence-corrected chi connectivity index (χ1v) is 9.01. The number of carbonyl (C=O) groups is 1. The van der Waals surface area contributed by atoms with Crippen molar-refractivity contribution in [1.82, 2.24) is 10.2 Å². The Morgan fingerprint density at radius 3 is 3.08 bits per heavy atom. The van der Waals surface area contributed by atoms with E-state index in [1.807, 2.05) is 11.4 Å². The van der Waals surface area contributed by atoms with Crippen molar-refractivity contribution < 1.29 is 13.9 Å². The van der Waals surface area contributed by atoms with Crippen molar-refractivity contribution >= 4 is 29.0 Å². The van der Waals surface area contributed by atoms with Gasteiger partial charge in [-0.1, -0.05) is 23.7 Å². The maximum absolute atomic E-state index is 13.3. The van der Waals surface area contributed by atoms with Crippen LogP contribution in [0.15, 0.2) is 35.7 Å². The summed E-state index contributed by atoms with van der Waals surface area (Å²) in [5.41, 5.74) is 0.775. The number of benzene rings is 1. The number of nitrogens with one attached hydrogen (secondary N) is 1. The first-order valence-electron chi connectivity index (χ1n) is 7.75. The molecule has 0 unspecified atom stereocenters. The van der Waals surface area contributed by atoms with Gasteiger partial charge in [0, 0.05) is 18.0 Å². The number of rotatable bonds is 4. The standard InChI is InChI=1S/C17H18ClFN2O2S/c18-14-10-12(3-4-15(14)19)16-11-21(7-8-23-16)17(22)20-6-5-13-2-1-9-24-13/h1-4,9-10,16H,5-8,11H2,(H,20,22)/t16-/m1/s1. The van der Waals surface area contributed by atoms with E-state index < -0.39 is 5.82 Å². The summed E-state index contributed by atoms with van der Waals surface area (Å²) in [5, 5.41) is 5.02. The summed E-state index contributed by atoms with van der Waals surface area (Å²) in [6.45, 7) is 2.00. The van der Waals surface area contributed by atoms with Gasteiger partial charge >= 0.3 is 6.03 Å². The Hall–Kier alpha value is -1.63. The molecule has 1 atom stereocenters. The van der Waals surface area contributed by atoms with Gasteiger partial charge in [0.1, 0.15) is 11.9 Å². The summed E-state index contributed by atoms with van der Waals surface area (Å²) in [6.07, 6.45) is 0.532. The molecular weight excluding hydrogens is 351 g/mol. The van der Waals surface area contributed by atoms with Crippen LogP contribution in [0, 0.1) is 5.82 Å². The molecule has 2 amide bonds. The molecule has 7 heteroatoms. The van der Waals surface area contributed by atoms with Crippen molar-refractivity contribution in [3.8, 4) is 0 Å². The van der Waals surface area contributed by atoms with Gasteiger partial charge in [0.25, 0.3) is 0 Å². The van der Waals surface area contributed by atoms with Gasteiger partial charge in [0.05, 0.1) is 18.2 Å². The lowest BCUT2D eigenvalue weighted by Crippen LogP contribution is -2.47. The molecule has 1 fully saturated rings. The van der Waals surface area contributed by atoms with Crippen molar-refractivity contribution in [1.29, 1.82) is 0 Å². The molecule has 1 N–H and O–H groups in total. The first-order chi connectivity index (χ1) is 11.6. The molecule has 1 aliphatic heterocycles. The Kier molecular flexibility index (Phi) is 5.71. The van der Waals surface area contributed by atoms with Crippen LogP contribution in [0.5, 0.6) is 0 Å². The fourth-order valence-corrected chi connectivity index (χ4v) is 3.51. The van der Waals surface area contributed by atoms with E-state index in [1.54, 1.807) is 28.4 Å². The number of ether oxygens (including phenoxy) is 1. The van der Waals surface area contributed by atoms with E-state index in [2.05, 4.69) is 11.4 Å². The number of carbonyl (C=O) groups excluding carboxylic acids is 1. The van der Waals surface area contributed by atoms with Crippen LogP contribution >= 0.6 is 22.9 Å². The van der Waals surface area contributed by atoms with E-state index in [0.29, 0.717) is 26.2 Å². The normalized spacial score (nSPS) is 17.8. The molecule has 0 saturated carbocycles. The number of halogens is 2. The average molecular weight is 369 g/mol. The molecule has 128 valence electrons. The second-order valence-electron chi connectivity index (χ2n) is 5.54. The number of hydrogen-bond acceptors (Lipinski definition) is 3. The molecule has 4 nitrogen and oxygen atoms in total. The van der Waals surface area contributed by atoms with Crippen molar-refractivity contribution in [3.63, 3.8) is 0 Å². The minimum atomic E-state index is -0.459. The fraction of sp³-hybridized carbons (Fsp3) is 0.353. The van der Waals surface area contributed by atoms with Gasteiger partial charge in [-0.3, -0.25) is 0 Å². The van der Waals surface area contributed by atoms with Crippen molar-refractivity contribution in [2.24, 2.45) is 0 Å². The van der Waals surface area contributed by atoms with Crippen LogP contribution < -0.4 is 5.32 Å². The Balaban J connectivity index is 1.54. The van der Waals surface area contributed by atoms with Crippen LogP contribution in [-0.2, 0) is 11.2 Å². The van der Waals surface area contributed by atoms with Gasteiger partial charge in [-0.25, -0.2) is 9.18 Å². The highest BCUT2D eigenvalue weighted by atomic mass is 35.5. The number of hydrogen-bond donors (Lipinski definition) is 1. The largest absolute Gasteiger partial charge is 0.370 e. The Morgan fingerprint density at radius 2 is 2.33 bits per heavy atom. The summed E-state index contributed by atoms with van der Waals surface area (Å²) in [5.74, 6) is -0.459. The monoisotopic (exact) mass is 368 g/mol. The molecule has 0 aliphatic carbocycles. The molecular formula is C17H18ClFN2O2S. The molecule has 0 bridgehead atoms. The minimum Gasteiger partial charge on any atom is -0.370 e. The maximum Gasteiger partial charge on any atom is 0.317 e. The highest BCUT2D eigenvalue weighted by Gasteiger charge is 2.25. The number of urea groups is 1. The Labute approximate surface area is 149 Å². The predicted octanol–water partition coefficient (Wildman–Crippen LogP) is 3.87. The highest BCUT2D eigenvalue weighted by molar-refractivity contribution is 7.09. The molecule has 1 aliphatic rings. The number of amides is 2. The topological polar surface area (TPSA) is 41.6 Å². The smallest absolute Gasteiger partial charge is 0.317 e. The van der Waals surface area contributed by atoms with Crippen LogP contribution in [0.25, 0.3) is 0 Å². The van der Waals surface area contributed by atoms with E-state index in [0.717, 1.165) is 12.0 Å². The molecule has 2 heterocycles. The van der Waals surface area contributed by atoms with Crippen LogP contribution in [-0.4, -0.2) is 37.2 Å². The Bertz CT molecular complexity index is 696. The predicted molar refractivity (Wildman–Crippen MR) is 93.1 cm³/mol. The van der Waals surface area contributed by atoms with Gasteiger partial charge in [-0.15, -0.1) is 11.3 Å². The maximum atomic E-state index is 13.3. The zero-order chi connectivity index (χ0) is 16.9. The van der Waals surface area contributed by atoms with E-state index in [-0.39, 0.29) is 17.2 Å². The van der Waals surface area contributed by atoms with Crippen molar-refractivity contribution in [2.75, 3.05) is 26.2 Å². The van der Waals surface area contributed by atoms with Gasteiger partial charge in [-0.2, -0.15) is 0 Å². The second-order valence-corrected chi connectivity index (χ2v) is 6.98. The molecule has 1 aromatic carbocycles. The molecule has 1 aromatic heterocycles. The molecule has 2 aromatic rings. The minimum absolute atomic E-state index is 0.0635. The molecule has 0 spiro atoms. The fourth-order valence-electron chi connectivity index (χ4n) is 2.61. The van der Waals surface area contributed by atoms with Crippen molar-refractivity contribution in [2.45, 2.75) is 12.5 Å². The van der Waals surface area contributed by atoms with Gasteiger partial charge in [-0.05, 0) is 35.6 Å². The van der Waals surface area contributed by atoms with Crippen LogP contribution in [0.3, 0.4) is 0 Å². The Morgan fingerprint density at radius 1 is 1.46 bits per heavy atom. The second kappa shape index (κ2) is 7.96. The van der Waals surface area contributed by atoms with Gasteiger partial charge in [0.2, 0.25) is 0 Å². The van der Waals surface area contributed by atoms with Crippen LogP contribution in [0.2, 0.25) is 5.02 Å². The summed E-state index contributed by atoms with van der Waals surface area (Å²) in [4.78, 5) is 15.3. The zero-order valence-corrected chi connectivity index (χ0v) is 14.6. The van der Waals surface area contributed by atoms with E-state index in [9.17, 15) is 9.18 Å². The zero-order valence-electron chi connectivity index (χ0n) is 13.0. The van der Waals surface area contributed by atoms with Crippen LogP contribution in [0.4, 0.5) is 9.18 Å². The van der Waals surface area contributed by atoms with Crippen LogP contribution in [0.1, 0.15) is 16.5 Å². The van der Waals surface area contributed by atoms with Crippen molar-refractivity contribution in [3.05, 3.63) is 57.0 Å². The lowest BCUT2D eigenvalue weighted by Gasteiger charge is -2.33. The summed E-state index contributed by atoms with van der Waals surface area (Å²) < 4.78 is 19.0. The van der Waals surface area contributed by atoms with E-state index in [1.165, 1.54) is 10.9 Å². The first kappa shape index (κ1) is 17.2. The summed E-state index contributed by atoms with van der Waals surface area (Å²) in [6, 6.07) is 8.47. The third kappa shape index (κ3) is 4.26. The third-order valence-corrected chi connectivity index (χ3v) is 5.12. The quantitative estimate of drug-likeness (QED) is 0.890. The van der Waals surface area contributed by atoms with Gasteiger partial charge in [0.15, 0.2) is 0 Å². The highest BCUT2D eigenvalue weighted by Crippen LogP contribution is 2.26.